The lowest BCUT2D eigenvalue weighted by Crippen LogP contribution is -2.08. The molecule has 1 N–H and O–H groups in total. The third-order valence-electron chi connectivity index (χ3n) is 3.09. The van der Waals surface area contributed by atoms with Crippen molar-refractivity contribution in [1.29, 1.82) is 0 Å². The van der Waals surface area contributed by atoms with Gasteiger partial charge in [0.15, 0.2) is 0 Å². The molecule has 1 aromatic heterocycles. The summed E-state index contributed by atoms with van der Waals surface area (Å²) >= 11 is 0. The summed E-state index contributed by atoms with van der Waals surface area (Å²) < 4.78 is 1.58. The first-order valence-corrected chi connectivity index (χ1v) is 5.53. The van der Waals surface area contributed by atoms with Gasteiger partial charge in [0.05, 0.1) is 5.69 Å². The highest BCUT2D eigenvalue weighted by Crippen LogP contribution is 2.33. The maximum Gasteiger partial charge on any atom is 0.354 e. The Hall–Kier alpha value is -1.32. The molecule has 1 heterocycles. The lowest BCUT2D eigenvalue weighted by molar-refractivity contribution is 0.0683. The fourth-order valence-electron chi connectivity index (χ4n) is 2.27. The first-order chi connectivity index (χ1) is 7.22. The Labute approximate surface area is 88.9 Å². The first kappa shape index (κ1) is 10.2. The van der Waals surface area contributed by atoms with Crippen molar-refractivity contribution in [2.75, 3.05) is 0 Å². The predicted molar refractivity (Wildman–Crippen MR) is 56.1 cm³/mol. The van der Waals surface area contributed by atoms with E-state index in [1.54, 1.807) is 10.7 Å². The van der Waals surface area contributed by atoms with E-state index >= 15 is 0 Å². The van der Waals surface area contributed by atoms with E-state index in [2.05, 4.69) is 5.10 Å². The van der Waals surface area contributed by atoms with Crippen LogP contribution in [-0.4, -0.2) is 20.9 Å². The monoisotopic (exact) mass is 208 g/mol. The third kappa shape index (κ3) is 1.89. The van der Waals surface area contributed by atoms with Gasteiger partial charge in [-0.1, -0.05) is 12.8 Å². The Morgan fingerprint density at radius 2 is 2.27 bits per heavy atom. The highest BCUT2D eigenvalue weighted by molar-refractivity contribution is 5.85. The molecular weight excluding hydrogens is 192 g/mol. The topological polar surface area (TPSA) is 55.1 Å². The number of rotatable bonds is 3. The van der Waals surface area contributed by atoms with Crippen LogP contribution in [0.1, 0.15) is 54.7 Å². The van der Waals surface area contributed by atoms with Gasteiger partial charge in [0.2, 0.25) is 0 Å². The quantitative estimate of drug-likeness (QED) is 0.828. The molecule has 2 rings (SSSR count). The zero-order valence-electron chi connectivity index (χ0n) is 8.94. The zero-order valence-corrected chi connectivity index (χ0v) is 8.94. The van der Waals surface area contributed by atoms with Crippen LogP contribution in [0, 0.1) is 0 Å². The van der Waals surface area contributed by atoms with Crippen LogP contribution in [0.3, 0.4) is 0 Å². The molecule has 0 bridgehead atoms. The molecule has 1 saturated carbocycles. The number of aromatic carboxylic acids is 1. The molecule has 15 heavy (non-hydrogen) atoms. The molecule has 0 amide bonds. The number of hydrogen-bond acceptors (Lipinski definition) is 2. The molecule has 1 fully saturated rings. The van der Waals surface area contributed by atoms with Crippen LogP contribution in [0.2, 0.25) is 0 Å². The number of hydrogen-bond donors (Lipinski definition) is 1. The second-order valence-electron chi connectivity index (χ2n) is 4.06. The highest BCUT2D eigenvalue weighted by atomic mass is 16.4. The molecule has 0 radical (unpaired) electrons. The van der Waals surface area contributed by atoms with E-state index in [1.807, 2.05) is 6.92 Å². The zero-order chi connectivity index (χ0) is 10.8. The smallest absolute Gasteiger partial charge is 0.354 e. The van der Waals surface area contributed by atoms with Crippen LogP contribution < -0.4 is 0 Å². The molecule has 4 heteroatoms. The van der Waals surface area contributed by atoms with Crippen LogP contribution >= 0.6 is 0 Å². The number of carboxylic acids is 1. The number of aromatic nitrogens is 2. The van der Waals surface area contributed by atoms with Crippen molar-refractivity contribution in [3.8, 4) is 0 Å². The van der Waals surface area contributed by atoms with Gasteiger partial charge < -0.3 is 5.11 Å². The van der Waals surface area contributed by atoms with Crippen molar-refractivity contribution in [2.24, 2.45) is 0 Å². The SMILES string of the molecule is CCn1nc(C2CCCC2)cc1C(=O)O. The van der Waals surface area contributed by atoms with Gasteiger partial charge in [0.25, 0.3) is 0 Å². The van der Waals surface area contributed by atoms with Gasteiger partial charge in [-0.25, -0.2) is 4.79 Å². The van der Waals surface area contributed by atoms with Gasteiger partial charge in [0.1, 0.15) is 5.69 Å². The third-order valence-corrected chi connectivity index (χ3v) is 3.09. The van der Waals surface area contributed by atoms with E-state index in [4.69, 9.17) is 5.11 Å². The number of nitrogens with zero attached hydrogens (tertiary/aromatic N) is 2. The Kier molecular flexibility index (Phi) is 2.75. The highest BCUT2D eigenvalue weighted by Gasteiger charge is 2.22. The summed E-state index contributed by atoms with van der Waals surface area (Å²) in [5.41, 5.74) is 1.28. The summed E-state index contributed by atoms with van der Waals surface area (Å²) in [6.45, 7) is 2.53. The fraction of sp³-hybridized carbons (Fsp3) is 0.636. The molecule has 1 aromatic rings. The van der Waals surface area contributed by atoms with E-state index < -0.39 is 5.97 Å². The predicted octanol–water partition coefficient (Wildman–Crippen LogP) is 2.26. The van der Waals surface area contributed by atoms with E-state index in [9.17, 15) is 4.79 Å². The minimum atomic E-state index is -0.881. The largest absolute Gasteiger partial charge is 0.477 e. The minimum Gasteiger partial charge on any atom is -0.477 e. The van der Waals surface area contributed by atoms with Gasteiger partial charge >= 0.3 is 5.97 Å². The summed E-state index contributed by atoms with van der Waals surface area (Å²) in [5, 5.41) is 13.4. The van der Waals surface area contributed by atoms with E-state index in [0.29, 0.717) is 18.2 Å². The molecule has 0 spiro atoms. The second kappa shape index (κ2) is 4.04. The first-order valence-electron chi connectivity index (χ1n) is 5.53. The lowest BCUT2D eigenvalue weighted by atomic mass is 10.0. The molecule has 1 aliphatic carbocycles. The number of carboxylic acid groups (broad SMARTS) is 1. The van der Waals surface area contributed by atoms with Gasteiger partial charge in [-0.3, -0.25) is 4.68 Å². The molecule has 0 unspecified atom stereocenters. The van der Waals surface area contributed by atoms with Crippen molar-refractivity contribution >= 4 is 5.97 Å². The molecule has 1 aliphatic rings. The molecule has 4 nitrogen and oxygen atoms in total. The normalized spacial score (nSPS) is 17.1. The van der Waals surface area contributed by atoms with Crippen molar-refractivity contribution in [3.63, 3.8) is 0 Å². The van der Waals surface area contributed by atoms with E-state index in [-0.39, 0.29) is 0 Å². The lowest BCUT2D eigenvalue weighted by Gasteiger charge is -2.03. The van der Waals surface area contributed by atoms with E-state index in [0.717, 1.165) is 18.5 Å². The average molecular weight is 208 g/mol. The van der Waals surface area contributed by atoms with Crippen LogP contribution in [-0.2, 0) is 6.54 Å². The van der Waals surface area contributed by atoms with Crippen LogP contribution in [0.25, 0.3) is 0 Å². The molecule has 0 atom stereocenters. The summed E-state index contributed by atoms with van der Waals surface area (Å²) in [5.74, 6) is -0.399. The molecule has 0 saturated heterocycles. The van der Waals surface area contributed by atoms with Gasteiger partial charge in [-0.05, 0) is 25.8 Å². The van der Waals surface area contributed by atoms with Crippen molar-refractivity contribution < 1.29 is 9.90 Å². The summed E-state index contributed by atoms with van der Waals surface area (Å²) in [6, 6.07) is 1.74. The van der Waals surface area contributed by atoms with Crippen LogP contribution in [0.15, 0.2) is 6.07 Å². The maximum absolute atomic E-state index is 10.9. The summed E-state index contributed by atoms with van der Waals surface area (Å²) in [7, 11) is 0. The Morgan fingerprint density at radius 3 is 2.73 bits per heavy atom. The van der Waals surface area contributed by atoms with Crippen molar-refractivity contribution in [3.05, 3.63) is 17.5 Å². The Balaban J connectivity index is 2.29. The fourth-order valence-corrected chi connectivity index (χ4v) is 2.27. The van der Waals surface area contributed by atoms with Crippen molar-refractivity contribution in [1.82, 2.24) is 9.78 Å². The molecular formula is C11H16N2O2. The van der Waals surface area contributed by atoms with Gasteiger partial charge in [-0.15, -0.1) is 0 Å². The average Bonchev–Trinajstić information content (AvgIpc) is 2.86. The molecule has 82 valence electrons. The second-order valence-corrected chi connectivity index (χ2v) is 4.06. The van der Waals surface area contributed by atoms with Crippen molar-refractivity contribution in [2.45, 2.75) is 45.1 Å². The Morgan fingerprint density at radius 1 is 1.60 bits per heavy atom. The summed E-state index contributed by atoms with van der Waals surface area (Å²) in [6.07, 6.45) is 4.79. The summed E-state index contributed by atoms with van der Waals surface area (Å²) in [4.78, 5) is 10.9. The number of aryl methyl sites for hydroxylation is 1. The Bertz CT molecular complexity index is 365. The molecule has 0 aliphatic heterocycles. The van der Waals surface area contributed by atoms with Crippen LogP contribution in [0.4, 0.5) is 0 Å². The number of carbonyl (C=O) groups is 1. The standard InChI is InChI=1S/C11H16N2O2/c1-2-13-10(11(14)15)7-9(12-13)8-5-3-4-6-8/h7-8H,2-6H2,1H3,(H,14,15). The van der Waals surface area contributed by atoms with Gasteiger partial charge in [-0.2, -0.15) is 5.10 Å². The van der Waals surface area contributed by atoms with Gasteiger partial charge in [0, 0.05) is 12.5 Å². The maximum atomic E-state index is 10.9. The van der Waals surface area contributed by atoms with Crippen LogP contribution in [0.5, 0.6) is 0 Å². The minimum absolute atomic E-state index is 0.319. The molecule has 0 aromatic carbocycles. The van der Waals surface area contributed by atoms with E-state index in [1.165, 1.54) is 12.8 Å².